The van der Waals surface area contributed by atoms with Gasteiger partial charge in [0.15, 0.2) is 0 Å². The van der Waals surface area contributed by atoms with E-state index in [0.29, 0.717) is 19.7 Å². The Bertz CT molecular complexity index is 478. The van der Waals surface area contributed by atoms with Gasteiger partial charge in [-0.15, -0.1) is 0 Å². The van der Waals surface area contributed by atoms with Crippen LogP contribution < -0.4 is 20.5 Å². The van der Waals surface area contributed by atoms with Crippen LogP contribution in [0.15, 0.2) is 24.3 Å². The second kappa shape index (κ2) is 9.37. The quantitative estimate of drug-likeness (QED) is 0.743. The van der Waals surface area contributed by atoms with E-state index in [4.69, 9.17) is 15.2 Å². The van der Waals surface area contributed by atoms with Gasteiger partial charge in [0, 0.05) is 26.2 Å². The summed E-state index contributed by atoms with van der Waals surface area (Å²) in [6, 6.07) is 7.57. The molecular formula is C17H27N3O3. The molecule has 0 aromatic heterocycles. The van der Waals surface area contributed by atoms with Crippen molar-refractivity contribution in [3.05, 3.63) is 24.3 Å². The van der Waals surface area contributed by atoms with Crippen molar-refractivity contribution < 1.29 is 14.3 Å². The van der Waals surface area contributed by atoms with Crippen LogP contribution in [0.4, 0.5) is 0 Å². The topological polar surface area (TPSA) is 76.8 Å². The van der Waals surface area contributed by atoms with Gasteiger partial charge in [-0.1, -0.05) is 0 Å². The van der Waals surface area contributed by atoms with E-state index in [1.165, 1.54) is 0 Å². The number of benzene rings is 1. The number of hydrogen-bond acceptors (Lipinski definition) is 5. The number of carbonyl (C=O) groups is 1. The fraction of sp³-hybridized carbons (Fsp3) is 0.588. The summed E-state index contributed by atoms with van der Waals surface area (Å²) in [7, 11) is 1.65. The van der Waals surface area contributed by atoms with E-state index in [0.717, 1.165) is 44.0 Å². The van der Waals surface area contributed by atoms with Gasteiger partial charge in [0.05, 0.1) is 13.0 Å². The molecule has 1 unspecified atom stereocenters. The molecule has 6 heteroatoms. The molecule has 0 saturated carbocycles. The molecule has 0 radical (unpaired) electrons. The zero-order chi connectivity index (χ0) is 16.5. The summed E-state index contributed by atoms with van der Waals surface area (Å²) < 4.78 is 10.9. The highest BCUT2D eigenvalue weighted by molar-refractivity contribution is 5.78. The van der Waals surface area contributed by atoms with Crippen LogP contribution in [0.2, 0.25) is 0 Å². The predicted octanol–water partition coefficient (Wildman–Crippen LogP) is 0.861. The molecular weight excluding hydrogens is 294 g/mol. The number of rotatable bonds is 8. The summed E-state index contributed by atoms with van der Waals surface area (Å²) in [4.78, 5) is 14.3. The first kappa shape index (κ1) is 17.6. The smallest absolute Gasteiger partial charge is 0.224 e. The minimum atomic E-state index is 0.0660. The van der Waals surface area contributed by atoms with Crippen LogP contribution in [0, 0.1) is 5.92 Å². The van der Waals surface area contributed by atoms with E-state index in [9.17, 15) is 4.79 Å². The third-order valence-electron chi connectivity index (χ3n) is 4.06. The number of ether oxygens (including phenoxy) is 2. The number of nitrogens with zero attached hydrogens (tertiary/aromatic N) is 1. The van der Waals surface area contributed by atoms with Gasteiger partial charge in [-0.05, 0) is 43.7 Å². The lowest BCUT2D eigenvalue weighted by atomic mass is 9.97. The van der Waals surface area contributed by atoms with Crippen LogP contribution in [0.3, 0.4) is 0 Å². The number of hydrogen-bond donors (Lipinski definition) is 2. The Kier molecular flexibility index (Phi) is 7.16. The Morgan fingerprint density at radius 1 is 1.35 bits per heavy atom. The number of amides is 1. The lowest BCUT2D eigenvalue weighted by Gasteiger charge is -2.31. The highest BCUT2D eigenvalue weighted by Crippen LogP contribution is 2.18. The molecule has 3 N–H and O–H groups in total. The van der Waals surface area contributed by atoms with Gasteiger partial charge in [0.25, 0.3) is 0 Å². The Balaban J connectivity index is 1.71. The minimum Gasteiger partial charge on any atom is -0.497 e. The van der Waals surface area contributed by atoms with E-state index in [2.05, 4.69) is 10.2 Å². The molecule has 0 aliphatic carbocycles. The molecule has 1 aliphatic rings. The summed E-state index contributed by atoms with van der Waals surface area (Å²) in [6.45, 7) is 4.29. The SMILES string of the molecule is COc1ccc(OCCN2CCCC(C(=O)NCCN)C2)cc1. The summed E-state index contributed by atoms with van der Waals surface area (Å²) in [6.07, 6.45) is 2.00. The first-order valence-corrected chi connectivity index (χ1v) is 8.20. The van der Waals surface area contributed by atoms with Gasteiger partial charge >= 0.3 is 0 Å². The summed E-state index contributed by atoms with van der Waals surface area (Å²) in [5.41, 5.74) is 5.42. The van der Waals surface area contributed by atoms with Gasteiger partial charge in [0.1, 0.15) is 18.1 Å². The molecule has 2 rings (SSSR count). The van der Waals surface area contributed by atoms with Gasteiger partial charge in [-0.25, -0.2) is 0 Å². The van der Waals surface area contributed by atoms with Crippen molar-refractivity contribution in [1.82, 2.24) is 10.2 Å². The van der Waals surface area contributed by atoms with Crippen LogP contribution >= 0.6 is 0 Å². The molecule has 1 aliphatic heterocycles. The van der Waals surface area contributed by atoms with Crippen LogP contribution in [0.25, 0.3) is 0 Å². The third kappa shape index (κ3) is 5.73. The number of nitrogens with two attached hydrogens (primary N) is 1. The van der Waals surface area contributed by atoms with Crippen molar-refractivity contribution in [2.45, 2.75) is 12.8 Å². The Labute approximate surface area is 137 Å². The largest absolute Gasteiger partial charge is 0.497 e. The van der Waals surface area contributed by atoms with E-state index in [1.807, 2.05) is 24.3 Å². The second-order valence-electron chi connectivity index (χ2n) is 5.74. The van der Waals surface area contributed by atoms with Crippen molar-refractivity contribution >= 4 is 5.91 Å². The van der Waals surface area contributed by atoms with E-state index >= 15 is 0 Å². The van der Waals surface area contributed by atoms with Gasteiger partial charge in [-0.3, -0.25) is 9.69 Å². The Hall–Kier alpha value is -1.79. The van der Waals surface area contributed by atoms with Crippen LogP contribution in [-0.4, -0.2) is 57.2 Å². The lowest BCUT2D eigenvalue weighted by molar-refractivity contribution is -0.126. The van der Waals surface area contributed by atoms with E-state index in [-0.39, 0.29) is 11.8 Å². The van der Waals surface area contributed by atoms with Crippen molar-refractivity contribution in [1.29, 1.82) is 0 Å². The van der Waals surface area contributed by atoms with Crippen molar-refractivity contribution in [2.24, 2.45) is 11.7 Å². The predicted molar refractivity (Wildman–Crippen MR) is 89.7 cm³/mol. The first-order chi connectivity index (χ1) is 11.2. The van der Waals surface area contributed by atoms with Gasteiger partial charge < -0.3 is 20.5 Å². The standard InChI is InChI=1S/C17H27N3O3/c1-22-15-4-6-16(7-5-15)23-12-11-20-10-2-3-14(13-20)17(21)19-9-8-18/h4-7,14H,2-3,8-13,18H2,1H3,(H,19,21). The first-order valence-electron chi connectivity index (χ1n) is 8.20. The van der Waals surface area contributed by atoms with Crippen LogP contribution in [0.5, 0.6) is 11.5 Å². The molecule has 1 fully saturated rings. The number of carbonyl (C=O) groups excluding carboxylic acids is 1. The fourth-order valence-electron chi connectivity index (χ4n) is 2.78. The molecule has 128 valence electrons. The second-order valence-corrected chi connectivity index (χ2v) is 5.74. The maximum Gasteiger partial charge on any atom is 0.224 e. The summed E-state index contributed by atoms with van der Waals surface area (Å²) >= 11 is 0. The number of likely N-dealkylation sites (tertiary alicyclic amines) is 1. The normalized spacial score (nSPS) is 18.4. The maximum atomic E-state index is 12.0. The molecule has 1 aromatic carbocycles. The molecule has 0 spiro atoms. The highest BCUT2D eigenvalue weighted by atomic mass is 16.5. The Morgan fingerprint density at radius 2 is 2.09 bits per heavy atom. The monoisotopic (exact) mass is 321 g/mol. The zero-order valence-electron chi connectivity index (χ0n) is 13.8. The minimum absolute atomic E-state index is 0.0660. The lowest BCUT2D eigenvalue weighted by Crippen LogP contribution is -2.45. The number of methoxy groups -OCH3 is 1. The van der Waals surface area contributed by atoms with Crippen molar-refractivity contribution in [3.63, 3.8) is 0 Å². The average Bonchev–Trinajstić information content (AvgIpc) is 2.60. The number of piperidine rings is 1. The van der Waals surface area contributed by atoms with Gasteiger partial charge in [0.2, 0.25) is 5.91 Å². The molecule has 0 bridgehead atoms. The molecule has 6 nitrogen and oxygen atoms in total. The van der Waals surface area contributed by atoms with Crippen LogP contribution in [-0.2, 0) is 4.79 Å². The molecule has 1 atom stereocenters. The summed E-state index contributed by atoms with van der Waals surface area (Å²) in [5.74, 6) is 1.84. The van der Waals surface area contributed by atoms with Crippen molar-refractivity contribution in [3.8, 4) is 11.5 Å². The average molecular weight is 321 g/mol. The number of nitrogens with one attached hydrogen (secondary N) is 1. The zero-order valence-corrected chi connectivity index (χ0v) is 13.8. The van der Waals surface area contributed by atoms with Gasteiger partial charge in [-0.2, -0.15) is 0 Å². The van der Waals surface area contributed by atoms with Crippen LogP contribution in [0.1, 0.15) is 12.8 Å². The third-order valence-corrected chi connectivity index (χ3v) is 4.06. The van der Waals surface area contributed by atoms with Crippen molar-refractivity contribution in [2.75, 3.05) is 46.4 Å². The van der Waals surface area contributed by atoms with E-state index in [1.54, 1.807) is 7.11 Å². The molecule has 23 heavy (non-hydrogen) atoms. The highest BCUT2D eigenvalue weighted by Gasteiger charge is 2.25. The molecule has 1 heterocycles. The molecule has 1 aromatic rings. The fourth-order valence-corrected chi connectivity index (χ4v) is 2.78. The molecule has 1 amide bonds. The maximum absolute atomic E-state index is 12.0. The Morgan fingerprint density at radius 3 is 2.78 bits per heavy atom. The van der Waals surface area contributed by atoms with E-state index < -0.39 is 0 Å². The molecule has 1 saturated heterocycles. The summed E-state index contributed by atoms with van der Waals surface area (Å²) in [5, 5.41) is 2.88.